The zero-order chi connectivity index (χ0) is 18.0. The molecule has 0 saturated carbocycles. The molecule has 0 aliphatic carbocycles. The summed E-state index contributed by atoms with van der Waals surface area (Å²) in [5.41, 5.74) is 1.26. The minimum Gasteiger partial charge on any atom is -0.436 e. The van der Waals surface area contributed by atoms with Crippen molar-refractivity contribution in [2.45, 2.75) is 12.8 Å². The average molecular weight is 383 g/mol. The molecule has 3 aromatic rings. The summed E-state index contributed by atoms with van der Waals surface area (Å²) in [4.78, 5) is 0. The molecule has 0 aromatic heterocycles. The fourth-order valence-electron chi connectivity index (χ4n) is 2.33. The highest BCUT2D eigenvalue weighted by atomic mass is 35.5. The minimum absolute atomic E-state index is 0.742. The first kappa shape index (κ1) is 18.5. The average Bonchev–Trinajstić information content (AvgIpc) is 2.69. The van der Waals surface area contributed by atoms with E-state index >= 15 is 0 Å². The van der Waals surface area contributed by atoms with E-state index < -0.39 is 8.38 Å². The Kier molecular flexibility index (Phi) is 7.13. The summed E-state index contributed by atoms with van der Waals surface area (Å²) in [6, 6.07) is 29.6. The first-order valence-corrected chi connectivity index (χ1v) is 10.1. The van der Waals surface area contributed by atoms with Crippen LogP contribution in [0.15, 0.2) is 102 Å². The van der Waals surface area contributed by atoms with E-state index in [-0.39, 0.29) is 0 Å². The molecular weight excluding hydrogens is 363 g/mol. The van der Waals surface area contributed by atoms with Crippen LogP contribution < -0.4 is 9.05 Å². The van der Waals surface area contributed by atoms with E-state index in [0.717, 1.165) is 29.4 Å². The van der Waals surface area contributed by atoms with Gasteiger partial charge in [0.1, 0.15) is 11.5 Å². The second kappa shape index (κ2) is 10.0. The van der Waals surface area contributed by atoms with Crippen molar-refractivity contribution in [1.82, 2.24) is 0 Å². The smallest absolute Gasteiger partial charge is 0.319 e. The Balaban J connectivity index is 1.69. The maximum Gasteiger partial charge on any atom is 0.319 e. The number of rotatable bonds is 8. The minimum atomic E-state index is -1.33. The highest BCUT2D eigenvalue weighted by Crippen LogP contribution is 2.43. The molecule has 0 saturated heterocycles. The van der Waals surface area contributed by atoms with E-state index in [2.05, 4.69) is 12.1 Å². The van der Waals surface area contributed by atoms with Gasteiger partial charge in [0, 0.05) is 10.8 Å². The Morgan fingerprint density at radius 2 is 1.19 bits per heavy atom. The molecular formula is C22H20ClO2P. The highest BCUT2D eigenvalue weighted by Gasteiger charge is 2.13. The number of para-hydroxylation sites is 2. The third-order valence-corrected chi connectivity index (χ3v) is 5.37. The van der Waals surface area contributed by atoms with Crippen molar-refractivity contribution in [2.24, 2.45) is 0 Å². The van der Waals surface area contributed by atoms with E-state index in [1.54, 1.807) is 0 Å². The first-order valence-electron chi connectivity index (χ1n) is 8.45. The molecule has 0 fully saturated rings. The van der Waals surface area contributed by atoms with E-state index in [1.165, 1.54) is 5.56 Å². The number of halogens is 1. The number of hydrogen-bond acceptors (Lipinski definition) is 2. The van der Waals surface area contributed by atoms with Crippen LogP contribution >= 0.6 is 20.0 Å². The predicted octanol–water partition coefficient (Wildman–Crippen LogP) is 7.17. The van der Waals surface area contributed by atoms with E-state index in [4.69, 9.17) is 20.6 Å². The molecule has 0 aliphatic heterocycles. The van der Waals surface area contributed by atoms with Gasteiger partial charge < -0.3 is 9.05 Å². The van der Waals surface area contributed by atoms with Crippen molar-refractivity contribution < 1.29 is 9.05 Å². The lowest BCUT2D eigenvalue weighted by atomic mass is 10.1. The highest BCUT2D eigenvalue weighted by molar-refractivity contribution is 7.51. The van der Waals surface area contributed by atoms with Crippen molar-refractivity contribution in [3.8, 4) is 11.5 Å². The molecule has 2 nitrogen and oxygen atoms in total. The third-order valence-electron chi connectivity index (χ3n) is 3.62. The van der Waals surface area contributed by atoms with Gasteiger partial charge in [-0.15, -0.1) is 0 Å². The Bertz CT molecular complexity index is 766. The summed E-state index contributed by atoms with van der Waals surface area (Å²) >= 11 is 6.48. The van der Waals surface area contributed by atoms with Crippen LogP contribution in [-0.2, 0) is 6.42 Å². The molecule has 0 heterocycles. The topological polar surface area (TPSA) is 18.5 Å². The van der Waals surface area contributed by atoms with Crippen LogP contribution in [0.25, 0.3) is 0 Å². The molecule has 0 N–H and O–H groups in total. The number of benzene rings is 3. The zero-order valence-corrected chi connectivity index (χ0v) is 15.9. The maximum absolute atomic E-state index is 6.48. The summed E-state index contributed by atoms with van der Waals surface area (Å²) in [7, 11) is -1.33. The lowest BCUT2D eigenvalue weighted by molar-refractivity contribution is 0.500. The Morgan fingerprint density at radius 3 is 1.69 bits per heavy atom. The van der Waals surface area contributed by atoms with E-state index in [0.29, 0.717) is 0 Å². The molecule has 0 bridgehead atoms. The molecule has 132 valence electrons. The molecule has 26 heavy (non-hydrogen) atoms. The quantitative estimate of drug-likeness (QED) is 0.384. The summed E-state index contributed by atoms with van der Waals surface area (Å²) in [5, 5.41) is 0.742. The van der Waals surface area contributed by atoms with Gasteiger partial charge in [0.25, 0.3) is 0 Å². The van der Waals surface area contributed by atoms with Crippen molar-refractivity contribution in [1.29, 1.82) is 0 Å². The van der Waals surface area contributed by atoms with Crippen molar-refractivity contribution in [3.05, 3.63) is 107 Å². The number of allylic oxidation sites excluding steroid dienone is 1. The van der Waals surface area contributed by atoms with E-state index in [1.807, 2.05) is 84.7 Å². The standard InChI is InChI=1S/C22H20ClO2P/c23-20(17-16-19-10-4-1-5-11-19)18-26(24-21-12-6-2-7-13-21)25-22-14-8-3-9-15-22/h1-15,18H,16-17H2. The fraction of sp³-hybridized carbons (Fsp3) is 0.0909. The van der Waals surface area contributed by atoms with Gasteiger partial charge in [-0.2, -0.15) is 0 Å². The molecule has 0 atom stereocenters. The largest absolute Gasteiger partial charge is 0.436 e. The number of hydrogen-bond donors (Lipinski definition) is 0. The van der Waals surface area contributed by atoms with Gasteiger partial charge in [-0.1, -0.05) is 78.3 Å². The van der Waals surface area contributed by atoms with Gasteiger partial charge in [-0.3, -0.25) is 0 Å². The Morgan fingerprint density at radius 1 is 0.731 bits per heavy atom. The monoisotopic (exact) mass is 382 g/mol. The molecule has 0 amide bonds. The van der Waals surface area contributed by atoms with E-state index in [9.17, 15) is 0 Å². The van der Waals surface area contributed by atoms with Crippen LogP contribution in [-0.4, -0.2) is 0 Å². The Labute approximate surface area is 161 Å². The van der Waals surface area contributed by atoms with Crippen LogP contribution in [0.1, 0.15) is 12.0 Å². The molecule has 0 aliphatic rings. The van der Waals surface area contributed by atoms with Crippen molar-refractivity contribution >= 4 is 20.0 Å². The molecule has 3 rings (SSSR count). The summed E-state index contributed by atoms with van der Waals surface area (Å²) in [6.07, 6.45) is 1.64. The van der Waals surface area contributed by atoms with Gasteiger partial charge in [0.2, 0.25) is 0 Å². The van der Waals surface area contributed by atoms with Crippen LogP contribution in [0.2, 0.25) is 0 Å². The van der Waals surface area contributed by atoms with Gasteiger partial charge in [0.05, 0.1) is 0 Å². The van der Waals surface area contributed by atoms with Gasteiger partial charge in [-0.25, -0.2) is 0 Å². The third kappa shape index (κ3) is 6.22. The Hall–Kier alpha value is -2.28. The molecule has 3 aromatic carbocycles. The SMILES string of the molecule is ClC(=CP(Oc1ccccc1)Oc1ccccc1)CCc1ccccc1. The maximum atomic E-state index is 6.48. The lowest BCUT2D eigenvalue weighted by Gasteiger charge is -2.16. The van der Waals surface area contributed by atoms with Gasteiger partial charge in [-0.05, 0) is 42.7 Å². The van der Waals surface area contributed by atoms with Crippen molar-refractivity contribution in [3.63, 3.8) is 0 Å². The second-order valence-electron chi connectivity index (χ2n) is 5.66. The fourth-order valence-corrected chi connectivity index (χ4v) is 3.82. The first-order chi connectivity index (χ1) is 12.8. The molecule has 4 heteroatoms. The lowest BCUT2D eigenvalue weighted by Crippen LogP contribution is -1.94. The molecule has 0 spiro atoms. The van der Waals surface area contributed by atoms with Crippen LogP contribution in [0.3, 0.4) is 0 Å². The van der Waals surface area contributed by atoms with Crippen molar-refractivity contribution in [2.75, 3.05) is 0 Å². The second-order valence-corrected chi connectivity index (χ2v) is 7.34. The molecule has 0 unspecified atom stereocenters. The van der Waals surface area contributed by atoms with Crippen LogP contribution in [0.5, 0.6) is 11.5 Å². The molecule has 0 radical (unpaired) electrons. The van der Waals surface area contributed by atoms with Gasteiger partial charge >= 0.3 is 8.38 Å². The summed E-state index contributed by atoms with van der Waals surface area (Å²) in [6.45, 7) is 0. The van der Waals surface area contributed by atoms with Gasteiger partial charge in [0.15, 0.2) is 0 Å². The van der Waals surface area contributed by atoms with Crippen LogP contribution in [0.4, 0.5) is 0 Å². The number of aryl methyl sites for hydroxylation is 1. The summed E-state index contributed by atoms with van der Waals surface area (Å²) in [5.74, 6) is 3.41. The normalized spacial score (nSPS) is 11.4. The predicted molar refractivity (Wildman–Crippen MR) is 110 cm³/mol. The summed E-state index contributed by atoms with van der Waals surface area (Å²) < 4.78 is 12.0. The zero-order valence-electron chi connectivity index (χ0n) is 14.3. The van der Waals surface area contributed by atoms with Crippen LogP contribution in [0, 0.1) is 0 Å².